The molecular weight excluding hydrogens is 909 g/mol. The van der Waals surface area contributed by atoms with Gasteiger partial charge in [0.25, 0.3) is 0 Å². The number of nitrogens with zero attached hydrogens (tertiary/aromatic N) is 4. The molecule has 0 saturated heterocycles. The molecule has 0 radical (unpaired) electrons. The van der Waals surface area contributed by atoms with E-state index < -0.39 is 10.8 Å². The molecule has 1 aliphatic heterocycles. The first-order chi connectivity index (χ1) is 36.3. The lowest BCUT2D eigenvalue weighted by Gasteiger charge is -2.37. The maximum Gasteiger partial charge on any atom is 0.137 e. The summed E-state index contributed by atoms with van der Waals surface area (Å²) in [6, 6.07) is 89.9. The molecular formula is C71H64N4. The zero-order valence-electron chi connectivity index (χ0n) is 44.2. The summed E-state index contributed by atoms with van der Waals surface area (Å²) in [4.78, 5) is 10.2. The Hall–Kier alpha value is -8.47. The van der Waals surface area contributed by atoms with Crippen LogP contribution in [0.2, 0.25) is 0 Å². The summed E-state index contributed by atoms with van der Waals surface area (Å²) in [5, 5.41) is 2.37. The van der Waals surface area contributed by atoms with Gasteiger partial charge in [-0.1, -0.05) is 224 Å². The topological polar surface area (TPSA) is 24.3 Å². The fourth-order valence-electron chi connectivity index (χ4n) is 11.9. The minimum absolute atomic E-state index is 0.00839. The molecule has 3 heterocycles. The molecule has 0 fully saturated rings. The molecule has 0 atom stereocenters. The first-order valence-electron chi connectivity index (χ1n) is 26.5. The summed E-state index contributed by atoms with van der Waals surface area (Å²) in [7, 11) is 0. The number of hydrogen-bond acceptors (Lipinski definition) is 3. The van der Waals surface area contributed by atoms with Crippen molar-refractivity contribution in [2.24, 2.45) is 0 Å². The summed E-state index contributed by atoms with van der Waals surface area (Å²) in [6.45, 7) is 16.9. The third-order valence-corrected chi connectivity index (χ3v) is 16.1. The van der Waals surface area contributed by atoms with Crippen LogP contribution in [0.4, 0.5) is 22.7 Å². The van der Waals surface area contributed by atoms with Gasteiger partial charge in [0.2, 0.25) is 0 Å². The third-order valence-electron chi connectivity index (χ3n) is 16.1. The zero-order chi connectivity index (χ0) is 51.5. The van der Waals surface area contributed by atoms with Gasteiger partial charge in [-0.15, -0.1) is 0 Å². The highest BCUT2D eigenvalue weighted by Crippen LogP contribution is 2.51. The normalized spacial score (nSPS) is 13.2. The van der Waals surface area contributed by atoms with E-state index in [1.807, 2.05) is 6.20 Å². The standard InChI is InChI=1S/C71H64N4/c1-68(2,3)57-43-58(69(4,5)6)46-60(45-57)74-49-73(64-37-22-23-38-65(64)74)59-34-24-33-55(44-59)71(52-29-16-10-17-30-52,53-31-18-11-19-32-53)56-39-40-62-61-35-20-21-36-63(61)75(66(62)47-56)67-48-54(41-42-72-67)70(7,50-25-12-8-13-26-50)51-27-14-9-15-28-51/h8-48H,49H2,1-7H3. The van der Waals surface area contributed by atoms with Gasteiger partial charge in [0.15, 0.2) is 0 Å². The SMILES string of the molecule is CC(C)(C)c1cc(N2CN(c3cccc(C(c4ccccc4)(c4ccccc4)c4ccc5c6ccccc6n(-c6cc(C(C)(c7ccccc7)c7ccccc7)ccn6)c5c4)c3)c3ccccc32)cc(C(C)(C)C)c1. The summed E-state index contributed by atoms with van der Waals surface area (Å²) in [5.41, 5.74) is 16.8. The van der Waals surface area contributed by atoms with E-state index >= 15 is 0 Å². The minimum atomic E-state index is -0.732. The maximum absolute atomic E-state index is 5.24. The van der Waals surface area contributed by atoms with Gasteiger partial charge in [0.1, 0.15) is 12.5 Å². The van der Waals surface area contributed by atoms with E-state index in [2.05, 4.69) is 305 Å². The predicted octanol–water partition coefficient (Wildman–Crippen LogP) is 17.8. The quantitative estimate of drug-likeness (QED) is 0.128. The van der Waals surface area contributed by atoms with E-state index in [0.717, 1.165) is 22.5 Å². The van der Waals surface area contributed by atoms with Gasteiger partial charge in [-0.05, 0) is 128 Å². The van der Waals surface area contributed by atoms with Crippen LogP contribution in [-0.4, -0.2) is 16.2 Å². The number of para-hydroxylation sites is 3. The van der Waals surface area contributed by atoms with Crippen LogP contribution in [0.5, 0.6) is 0 Å². The second-order valence-corrected chi connectivity index (χ2v) is 22.6. The molecule has 0 aliphatic carbocycles. The van der Waals surface area contributed by atoms with Crippen molar-refractivity contribution in [2.75, 3.05) is 16.5 Å². The molecule has 0 amide bonds. The van der Waals surface area contributed by atoms with Crippen LogP contribution in [-0.2, 0) is 21.7 Å². The molecule has 4 nitrogen and oxygen atoms in total. The number of aromatic nitrogens is 2. The van der Waals surface area contributed by atoms with Crippen molar-refractivity contribution < 1.29 is 0 Å². The van der Waals surface area contributed by atoms with Gasteiger partial charge in [0.05, 0.1) is 27.8 Å². The van der Waals surface area contributed by atoms with E-state index in [1.54, 1.807) is 0 Å². The molecule has 0 bridgehead atoms. The first kappa shape index (κ1) is 47.5. The summed E-state index contributed by atoms with van der Waals surface area (Å²) < 4.78 is 2.39. The Labute approximate surface area is 443 Å². The van der Waals surface area contributed by atoms with Gasteiger partial charge < -0.3 is 9.80 Å². The fourth-order valence-corrected chi connectivity index (χ4v) is 11.9. The molecule has 0 N–H and O–H groups in total. The average molecular weight is 973 g/mol. The maximum atomic E-state index is 5.24. The highest BCUT2D eigenvalue weighted by molar-refractivity contribution is 6.09. The largest absolute Gasteiger partial charge is 0.321 e. The van der Waals surface area contributed by atoms with Crippen LogP contribution in [0.1, 0.15) is 98.5 Å². The van der Waals surface area contributed by atoms with Crippen LogP contribution in [0.15, 0.2) is 249 Å². The van der Waals surface area contributed by atoms with Crippen molar-refractivity contribution in [1.29, 1.82) is 0 Å². The predicted molar refractivity (Wildman–Crippen MR) is 315 cm³/mol. The van der Waals surface area contributed by atoms with Crippen molar-refractivity contribution in [3.8, 4) is 5.82 Å². The molecule has 2 aromatic heterocycles. The fraction of sp³-hybridized carbons (Fsp3) is 0.169. The van der Waals surface area contributed by atoms with Crippen molar-refractivity contribution >= 4 is 44.6 Å². The molecule has 75 heavy (non-hydrogen) atoms. The van der Waals surface area contributed by atoms with Crippen molar-refractivity contribution in [1.82, 2.24) is 9.55 Å². The molecule has 4 heteroatoms. The van der Waals surface area contributed by atoms with Gasteiger partial charge in [0, 0.05) is 33.8 Å². The summed E-state index contributed by atoms with van der Waals surface area (Å²) in [6.07, 6.45) is 1.99. The Morgan fingerprint density at radius 3 is 1.37 bits per heavy atom. The first-order valence-corrected chi connectivity index (χ1v) is 26.5. The van der Waals surface area contributed by atoms with Gasteiger partial charge in [-0.3, -0.25) is 4.57 Å². The highest BCUT2D eigenvalue weighted by Gasteiger charge is 2.40. The van der Waals surface area contributed by atoms with Gasteiger partial charge in [-0.2, -0.15) is 0 Å². The zero-order valence-corrected chi connectivity index (χ0v) is 44.2. The lowest BCUT2D eigenvalue weighted by Crippen LogP contribution is -2.31. The van der Waals surface area contributed by atoms with E-state index in [4.69, 9.17) is 4.98 Å². The number of fused-ring (bicyclic) bond motifs is 4. The van der Waals surface area contributed by atoms with Crippen LogP contribution in [0, 0.1) is 0 Å². The molecule has 0 saturated carbocycles. The average Bonchev–Trinajstić information content (AvgIpc) is 4.00. The number of pyridine rings is 1. The molecule has 368 valence electrons. The lowest BCUT2D eigenvalue weighted by molar-refractivity contribution is 0.568. The van der Waals surface area contributed by atoms with E-state index in [1.165, 1.54) is 77.9 Å². The highest BCUT2D eigenvalue weighted by atomic mass is 15.4. The number of rotatable bonds is 10. The van der Waals surface area contributed by atoms with Crippen LogP contribution in [0.25, 0.3) is 27.6 Å². The Bertz CT molecular complexity index is 3730. The number of anilines is 4. The van der Waals surface area contributed by atoms with Crippen molar-refractivity contribution in [3.05, 3.63) is 299 Å². The van der Waals surface area contributed by atoms with Crippen molar-refractivity contribution in [2.45, 2.75) is 70.1 Å². The molecule has 9 aromatic carbocycles. The Morgan fingerprint density at radius 1 is 0.333 bits per heavy atom. The molecule has 12 rings (SSSR count). The van der Waals surface area contributed by atoms with Crippen LogP contribution < -0.4 is 9.80 Å². The molecule has 0 unspecified atom stereocenters. The number of benzene rings is 9. The summed E-state index contributed by atoms with van der Waals surface area (Å²) >= 11 is 0. The van der Waals surface area contributed by atoms with Crippen LogP contribution >= 0.6 is 0 Å². The molecule has 11 aromatic rings. The van der Waals surface area contributed by atoms with Crippen LogP contribution in [0.3, 0.4) is 0 Å². The third kappa shape index (κ3) is 8.12. The second kappa shape index (κ2) is 18.5. The second-order valence-electron chi connectivity index (χ2n) is 22.6. The van der Waals surface area contributed by atoms with E-state index in [9.17, 15) is 0 Å². The molecule has 0 spiro atoms. The Kier molecular flexibility index (Phi) is 11.7. The Balaban J connectivity index is 1.06. The van der Waals surface area contributed by atoms with Gasteiger partial charge >= 0.3 is 0 Å². The summed E-state index contributed by atoms with van der Waals surface area (Å²) in [5.74, 6) is 0.876. The Morgan fingerprint density at radius 2 is 0.800 bits per heavy atom. The minimum Gasteiger partial charge on any atom is -0.321 e. The van der Waals surface area contributed by atoms with Gasteiger partial charge in [-0.25, -0.2) is 4.98 Å². The van der Waals surface area contributed by atoms with E-state index in [0.29, 0.717) is 6.67 Å². The van der Waals surface area contributed by atoms with E-state index in [-0.39, 0.29) is 10.8 Å². The van der Waals surface area contributed by atoms with Crippen molar-refractivity contribution in [3.63, 3.8) is 0 Å². The molecule has 1 aliphatic rings. The number of hydrogen-bond donors (Lipinski definition) is 0. The lowest BCUT2D eigenvalue weighted by atomic mass is 9.65. The monoisotopic (exact) mass is 973 g/mol. The smallest absolute Gasteiger partial charge is 0.137 e.